The molecule has 2 N–H and O–H groups in total. The molecule has 0 saturated carbocycles. The summed E-state index contributed by atoms with van der Waals surface area (Å²) in [6.07, 6.45) is 2.94. The van der Waals surface area contributed by atoms with Gasteiger partial charge in [-0.05, 0) is 54.6 Å². The van der Waals surface area contributed by atoms with Gasteiger partial charge >= 0.3 is 6.03 Å². The number of anilines is 1. The Hall–Kier alpha value is -3.28. The molecule has 1 saturated heterocycles. The summed E-state index contributed by atoms with van der Waals surface area (Å²) in [5.41, 5.74) is 3.60. The highest BCUT2D eigenvalue weighted by molar-refractivity contribution is 5.97. The lowest BCUT2D eigenvalue weighted by molar-refractivity contribution is 0.0952. The molecule has 0 bridgehead atoms. The Balaban J connectivity index is 1.32. The second kappa shape index (κ2) is 7.76. The van der Waals surface area contributed by atoms with E-state index in [4.69, 9.17) is 0 Å². The van der Waals surface area contributed by atoms with Crippen LogP contribution in [0.25, 0.3) is 10.9 Å². The second-order valence-corrected chi connectivity index (χ2v) is 7.06. The number of rotatable bonds is 6. The number of carbonyl (C=O) groups is 2. The molecule has 28 heavy (non-hydrogen) atoms. The van der Waals surface area contributed by atoms with Crippen molar-refractivity contribution in [3.63, 3.8) is 0 Å². The lowest BCUT2D eigenvalue weighted by Gasteiger charge is -2.17. The fraction of sp³-hybridized carbons (Fsp3) is 0.273. The molecule has 0 aliphatic carbocycles. The molecule has 144 valence electrons. The molecule has 0 unspecified atom stereocenters. The molecule has 6 nitrogen and oxygen atoms in total. The Morgan fingerprint density at radius 1 is 1.18 bits per heavy atom. The number of carbonyl (C=O) groups excluding carboxylic acids is 2. The Morgan fingerprint density at radius 2 is 2.04 bits per heavy atom. The normalized spacial score (nSPS) is 13.8. The van der Waals surface area contributed by atoms with Gasteiger partial charge in [-0.2, -0.15) is 0 Å². The van der Waals surface area contributed by atoms with E-state index in [2.05, 4.69) is 39.6 Å². The van der Waals surface area contributed by atoms with Crippen molar-refractivity contribution in [2.75, 3.05) is 24.5 Å². The summed E-state index contributed by atoms with van der Waals surface area (Å²) in [7, 11) is 0. The summed E-state index contributed by atoms with van der Waals surface area (Å²) >= 11 is 0. The van der Waals surface area contributed by atoms with Gasteiger partial charge in [-0.3, -0.25) is 9.69 Å². The standard InChI is InChI=1S/C22H24N4O2/c1-16-15-18(7-8-19(16)26-14-11-24-22(26)28)21(27)23-10-4-12-25-13-9-17-5-2-3-6-20(17)25/h2-3,5-9,13,15H,4,10-12,14H2,1H3,(H,23,27)(H,24,28). The summed E-state index contributed by atoms with van der Waals surface area (Å²) in [5, 5.41) is 7.01. The number of aryl methyl sites for hydroxylation is 2. The SMILES string of the molecule is Cc1cc(C(=O)NCCCn2ccc3ccccc32)ccc1N1CCNC1=O. The number of nitrogens with zero attached hydrogens (tertiary/aromatic N) is 2. The molecule has 2 heterocycles. The van der Waals surface area contributed by atoms with E-state index >= 15 is 0 Å². The lowest BCUT2D eigenvalue weighted by Crippen LogP contribution is -2.29. The first-order valence-corrected chi connectivity index (χ1v) is 9.61. The summed E-state index contributed by atoms with van der Waals surface area (Å²) in [5.74, 6) is -0.0853. The van der Waals surface area contributed by atoms with Crippen LogP contribution in [-0.2, 0) is 6.54 Å². The topological polar surface area (TPSA) is 66.4 Å². The minimum atomic E-state index is -0.0853. The number of fused-ring (bicyclic) bond motifs is 1. The zero-order valence-corrected chi connectivity index (χ0v) is 15.9. The van der Waals surface area contributed by atoms with Gasteiger partial charge in [0, 0.05) is 49.1 Å². The third-order valence-corrected chi connectivity index (χ3v) is 5.15. The van der Waals surface area contributed by atoms with E-state index in [0.29, 0.717) is 25.2 Å². The second-order valence-electron chi connectivity index (χ2n) is 7.06. The molecule has 0 atom stereocenters. The molecule has 1 aliphatic rings. The molecule has 0 radical (unpaired) electrons. The molecule has 2 aromatic carbocycles. The number of para-hydroxylation sites is 1. The highest BCUT2D eigenvalue weighted by Crippen LogP contribution is 2.23. The Kier molecular flexibility index (Phi) is 5.02. The van der Waals surface area contributed by atoms with Crippen molar-refractivity contribution in [1.29, 1.82) is 0 Å². The van der Waals surface area contributed by atoms with E-state index in [0.717, 1.165) is 24.2 Å². The maximum absolute atomic E-state index is 12.5. The highest BCUT2D eigenvalue weighted by Gasteiger charge is 2.22. The summed E-state index contributed by atoms with van der Waals surface area (Å²) in [6.45, 7) is 4.70. The quantitative estimate of drug-likeness (QED) is 0.648. The Morgan fingerprint density at radius 3 is 2.82 bits per heavy atom. The molecule has 4 rings (SSSR count). The molecule has 1 aliphatic heterocycles. The molecule has 1 aromatic heterocycles. The zero-order valence-electron chi connectivity index (χ0n) is 15.9. The smallest absolute Gasteiger partial charge is 0.322 e. The fourth-order valence-electron chi connectivity index (χ4n) is 3.69. The summed E-state index contributed by atoms with van der Waals surface area (Å²) in [4.78, 5) is 26.0. The van der Waals surface area contributed by atoms with Crippen molar-refractivity contribution in [3.05, 3.63) is 65.9 Å². The zero-order chi connectivity index (χ0) is 19.5. The maximum Gasteiger partial charge on any atom is 0.322 e. The fourth-order valence-corrected chi connectivity index (χ4v) is 3.69. The van der Waals surface area contributed by atoms with E-state index in [1.54, 1.807) is 11.0 Å². The van der Waals surface area contributed by atoms with Crippen molar-refractivity contribution in [3.8, 4) is 0 Å². The van der Waals surface area contributed by atoms with Crippen LogP contribution in [0.2, 0.25) is 0 Å². The van der Waals surface area contributed by atoms with Crippen LogP contribution in [0, 0.1) is 6.92 Å². The van der Waals surface area contributed by atoms with Gasteiger partial charge in [0.15, 0.2) is 0 Å². The average molecular weight is 376 g/mol. The molecule has 3 aromatic rings. The van der Waals surface area contributed by atoms with Crippen molar-refractivity contribution in [2.45, 2.75) is 19.9 Å². The summed E-state index contributed by atoms with van der Waals surface area (Å²) < 4.78 is 2.21. The average Bonchev–Trinajstić information content (AvgIpc) is 3.31. The Bertz CT molecular complexity index is 1020. The van der Waals surface area contributed by atoms with Crippen molar-refractivity contribution in [1.82, 2.24) is 15.2 Å². The molecular weight excluding hydrogens is 352 g/mol. The van der Waals surface area contributed by atoms with Crippen molar-refractivity contribution < 1.29 is 9.59 Å². The largest absolute Gasteiger partial charge is 0.352 e. The van der Waals surface area contributed by atoms with Gasteiger partial charge in [-0.1, -0.05) is 18.2 Å². The molecular formula is C22H24N4O2. The molecule has 1 fully saturated rings. The van der Waals surface area contributed by atoms with Gasteiger partial charge < -0.3 is 15.2 Å². The molecule has 0 spiro atoms. The maximum atomic E-state index is 12.5. The van der Waals surface area contributed by atoms with Gasteiger partial charge in [-0.15, -0.1) is 0 Å². The van der Waals surface area contributed by atoms with Crippen LogP contribution in [0.4, 0.5) is 10.5 Å². The third kappa shape index (κ3) is 3.58. The van der Waals surface area contributed by atoms with Crippen molar-refractivity contribution >= 4 is 28.5 Å². The predicted molar refractivity (Wildman–Crippen MR) is 111 cm³/mol. The number of nitrogens with one attached hydrogen (secondary N) is 2. The summed E-state index contributed by atoms with van der Waals surface area (Å²) in [6, 6.07) is 15.8. The van der Waals surface area contributed by atoms with Gasteiger partial charge in [-0.25, -0.2) is 4.79 Å². The van der Waals surface area contributed by atoms with Crippen LogP contribution in [0.15, 0.2) is 54.7 Å². The first-order chi connectivity index (χ1) is 13.6. The first-order valence-electron chi connectivity index (χ1n) is 9.61. The monoisotopic (exact) mass is 376 g/mol. The van der Waals surface area contributed by atoms with Gasteiger partial charge in [0.1, 0.15) is 0 Å². The van der Waals surface area contributed by atoms with Crippen LogP contribution in [-0.4, -0.2) is 36.1 Å². The van der Waals surface area contributed by atoms with E-state index in [-0.39, 0.29) is 11.9 Å². The van der Waals surface area contributed by atoms with Crippen LogP contribution in [0.1, 0.15) is 22.3 Å². The van der Waals surface area contributed by atoms with E-state index in [9.17, 15) is 9.59 Å². The number of amides is 3. The number of benzene rings is 2. The lowest BCUT2D eigenvalue weighted by atomic mass is 10.1. The molecule has 3 amide bonds. The van der Waals surface area contributed by atoms with Gasteiger partial charge in [0.25, 0.3) is 5.91 Å². The minimum Gasteiger partial charge on any atom is -0.352 e. The predicted octanol–water partition coefficient (Wildman–Crippen LogP) is 3.30. The van der Waals surface area contributed by atoms with Gasteiger partial charge in [0.2, 0.25) is 0 Å². The van der Waals surface area contributed by atoms with E-state index in [1.165, 1.54) is 10.9 Å². The molecule has 6 heteroatoms. The Labute approximate surface area is 164 Å². The number of hydrogen-bond donors (Lipinski definition) is 2. The number of aromatic nitrogens is 1. The van der Waals surface area contributed by atoms with Gasteiger partial charge in [0.05, 0.1) is 0 Å². The first kappa shape index (κ1) is 18.1. The number of urea groups is 1. The van der Waals surface area contributed by atoms with E-state index in [1.807, 2.05) is 31.2 Å². The van der Waals surface area contributed by atoms with Crippen LogP contribution >= 0.6 is 0 Å². The van der Waals surface area contributed by atoms with E-state index < -0.39 is 0 Å². The van der Waals surface area contributed by atoms with Crippen molar-refractivity contribution in [2.24, 2.45) is 0 Å². The van der Waals surface area contributed by atoms with Crippen LogP contribution < -0.4 is 15.5 Å². The van der Waals surface area contributed by atoms with Crippen LogP contribution in [0.3, 0.4) is 0 Å². The van der Waals surface area contributed by atoms with Crippen LogP contribution in [0.5, 0.6) is 0 Å². The minimum absolute atomic E-state index is 0.0853. The highest BCUT2D eigenvalue weighted by atomic mass is 16.2. The number of hydrogen-bond acceptors (Lipinski definition) is 2. The third-order valence-electron chi connectivity index (χ3n) is 5.15.